The van der Waals surface area contributed by atoms with Crippen molar-refractivity contribution in [3.05, 3.63) is 53.8 Å². The fraction of sp³-hybridized carbons (Fsp3) is 0.533. The van der Waals surface area contributed by atoms with Gasteiger partial charge in [-0.05, 0) is 54.7 Å². The predicted molar refractivity (Wildman–Crippen MR) is 139 cm³/mol. The van der Waals surface area contributed by atoms with Crippen molar-refractivity contribution in [3.8, 4) is 0 Å². The van der Waals surface area contributed by atoms with Gasteiger partial charge in [-0.1, -0.05) is 88.3 Å². The van der Waals surface area contributed by atoms with E-state index >= 15 is 0 Å². The standard InChI is InChI=1S/C30H38N2O/c1-2-22-9-6-10-23(22)8-4-3-5-21-33-27-17-14-24(15-18-27)28-19-16-26-13-12-25-11-7-20-31-29(25)30(26)32-28/h12-17,19-20,22-23,27H,2-11,18,21H2,1H3. The maximum absolute atomic E-state index is 6.16. The van der Waals surface area contributed by atoms with E-state index in [9.17, 15) is 0 Å². The Morgan fingerprint density at radius 3 is 2.82 bits per heavy atom. The Morgan fingerprint density at radius 1 is 1.03 bits per heavy atom. The SMILES string of the molecule is CCC1CCCC1CCCCCOC1C=CC(c2ccc3ccc4c(c3n2)N=CCC4)=CC1. The van der Waals surface area contributed by atoms with Gasteiger partial charge in [-0.15, -0.1) is 0 Å². The smallest absolute Gasteiger partial charge is 0.0968 e. The van der Waals surface area contributed by atoms with Crippen molar-refractivity contribution >= 4 is 28.4 Å². The number of aryl methyl sites for hydroxylation is 1. The molecule has 0 spiro atoms. The molecule has 5 rings (SSSR count). The number of rotatable bonds is 9. The van der Waals surface area contributed by atoms with E-state index in [1.165, 1.54) is 62.5 Å². The molecule has 1 aromatic carbocycles. The lowest BCUT2D eigenvalue weighted by Crippen LogP contribution is -2.12. The number of ether oxygens (including phenoxy) is 1. The zero-order chi connectivity index (χ0) is 22.5. The molecule has 1 aromatic heterocycles. The maximum atomic E-state index is 6.16. The van der Waals surface area contributed by atoms with Crippen molar-refractivity contribution in [2.24, 2.45) is 16.8 Å². The van der Waals surface area contributed by atoms with Crippen molar-refractivity contribution in [2.75, 3.05) is 6.61 Å². The van der Waals surface area contributed by atoms with E-state index in [4.69, 9.17) is 9.72 Å². The first-order chi connectivity index (χ1) is 16.3. The van der Waals surface area contributed by atoms with E-state index in [2.05, 4.69) is 54.4 Å². The van der Waals surface area contributed by atoms with Crippen molar-refractivity contribution in [1.29, 1.82) is 0 Å². The predicted octanol–water partition coefficient (Wildman–Crippen LogP) is 8.00. The fourth-order valence-electron chi connectivity index (χ4n) is 5.96. The molecule has 2 aromatic rings. The van der Waals surface area contributed by atoms with Crippen LogP contribution in [-0.4, -0.2) is 23.9 Å². The molecule has 174 valence electrons. The molecule has 0 radical (unpaired) electrons. The van der Waals surface area contributed by atoms with Gasteiger partial charge >= 0.3 is 0 Å². The van der Waals surface area contributed by atoms with Gasteiger partial charge in [-0.3, -0.25) is 4.99 Å². The molecule has 0 amide bonds. The van der Waals surface area contributed by atoms with Crippen LogP contribution in [0.25, 0.3) is 16.5 Å². The van der Waals surface area contributed by atoms with Crippen LogP contribution in [0.2, 0.25) is 0 Å². The molecule has 1 fully saturated rings. The Balaban J connectivity index is 1.09. The molecular weight excluding hydrogens is 404 g/mol. The molecule has 3 heteroatoms. The minimum Gasteiger partial charge on any atom is -0.374 e. The number of hydrogen-bond acceptors (Lipinski definition) is 3. The number of aliphatic imine (C=N–C) groups is 1. The third-order valence-electron chi connectivity index (χ3n) is 7.93. The monoisotopic (exact) mass is 442 g/mol. The average Bonchev–Trinajstić information content (AvgIpc) is 3.33. The van der Waals surface area contributed by atoms with Crippen molar-refractivity contribution < 1.29 is 4.74 Å². The summed E-state index contributed by atoms with van der Waals surface area (Å²) in [5.41, 5.74) is 5.61. The molecule has 0 bridgehead atoms. The molecule has 1 aliphatic heterocycles. The van der Waals surface area contributed by atoms with Crippen LogP contribution in [-0.2, 0) is 11.2 Å². The zero-order valence-corrected chi connectivity index (χ0v) is 20.1. The number of hydrogen-bond donors (Lipinski definition) is 0. The molecule has 2 aliphatic carbocycles. The summed E-state index contributed by atoms with van der Waals surface area (Å²) in [5.74, 6) is 2.01. The second-order valence-corrected chi connectivity index (χ2v) is 10.1. The highest BCUT2D eigenvalue weighted by Crippen LogP contribution is 2.37. The quantitative estimate of drug-likeness (QED) is 0.369. The first kappa shape index (κ1) is 22.5. The Kier molecular flexibility index (Phi) is 7.36. The summed E-state index contributed by atoms with van der Waals surface area (Å²) in [7, 11) is 0. The first-order valence-electron chi connectivity index (χ1n) is 13.3. The van der Waals surface area contributed by atoms with Crippen LogP contribution >= 0.6 is 0 Å². The minimum atomic E-state index is 0.200. The first-order valence-corrected chi connectivity index (χ1v) is 13.3. The van der Waals surface area contributed by atoms with Crippen LogP contribution < -0.4 is 0 Å². The van der Waals surface area contributed by atoms with E-state index in [-0.39, 0.29) is 6.10 Å². The van der Waals surface area contributed by atoms with Gasteiger partial charge in [-0.2, -0.15) is 0 Å². The molecule has 2 heterocycles. The Labute approximate surface area is 199 Å². The largest absolute Gasteiger partial charge is 0.374 e. The van der Waals surface area contributed by atoms with Gasteiger partial charge in [0.1, 0.15) is 0 Å². The maximum Gasteiger partial charge on any atom is 0.0968 e. The van der Waals surface area contributed by atoms with Gasteiger partial charge in [0.15, 0.2) is 0 Å². The van der Waals surface area contributed by atoms with Crippen LogP contribution in [0.5, 0.6) is 0 Å². The van der Waals surface area contributed by atoms with Gasteiger partial charge in [-0.25, -0.2) is 4.98 Å². The molecule has 0 N–H and O–H groups in total. The molecule has 33 heavy (non-hydrogen) atoms. The van der Waals surface area contributed by atoms with Gasteiger partial charge in [0.25, 0.3) is 0 Å². The third-order valence-corrected chi connectivity index (χ3v) is 7.93. The second-order valence-electron chi connectivity index (χ2n) is 10.1. The van der Waals surface area contributed by atoms with Gasteiger partial charge < -0.3 is 4.74 Å². The van der Waals surface area contributed by atoms with Crippen LogP contribution in [0.1, 0.15) is 82.4 Å². The van der Waals surface area contributed by atoms with Crippen molar-refractivity contribution in [3.63, 3.8) is 0 Å². The molecule has 3 aliphatic rings. The normalized spacial score (nSPS) is 24.3. The summed E-state index contributed by atoms with van der Waals surface area (Å²) >= 11 is 0. The number of fused-ring (bicyclic) bond motifs is 3. The van der Waals surface area contributed by atoms with Crippen LogP contribution in [0.3, 0.4) is 0 Å². The van der Waals surface area contributed by atoms with Gasteiger partial charge in [0.05, 0.1) is 23.0 Å². The summed E-state index contributed by atoms with van der Waals surface area (Å²) in [6, 6.07) is 8.68. The fourth-order valence-corrected chi connectivity index (χ4v) is 5.96. The van der Waals surface area contributed by atoms with Crippen LogP contribution in [0.15, 0.2) is 47.5 Å². The lowest BCUT2D eigenvalue weighted by Gasteiger charge is -2.19. The highest BCUT2D eigenvalue weighted by Gasteiger charge is 2.24. The third kappa shape index (κ3) is 5.30. The van der Waals surface area contributed by atoms with E-state index < -0.39 is 0 Å². The molecular formula is C30H38N2O. The topological polar surface area (TPSA) is 34.5 Å². The van der Waals surface area contributed by atoms with Crippen molar-refractivity contribution in [1.82, 2.24) is 4.98 Å². The van der Waals surface area contributed by atoms with E-state index in [0.29, 0.717) is 0 Å². The number of unbranched alkanes of at least 4 members (excludes halogenated alkanes) is 2. The van der Waals surface area contributed by atoms with E-state index in [1.807, 2.05) is 6.21 Å². The highest BCUT2D eigenvalue weighted by molar-refractivity contribution is 5.94. The molecule has 0 saturated heterocycles. The molecule has 1 saturated carbocycles. The van der Waals surface area contributed by atoms with Gasteiger partial charge in [0.2, 0.25) is 0 Å². The van der Waals surface area contributed by atoms with Crippen LogP contribution in [0.4, 0.5) is 5.69 Å². The van der Waals surface area contributed by atoms with E-state index in [0.717, 1.165) is 60.0 Å². The lowest BCUT2D eigenvalue weighted by atomic mass is 9.89. The number of allylic oxidation sites excluding steroid dienone is 2. The number of benzene rings is 1. The Morgan fingerprint density at radius 2 is 1.94 bits per heavy atom. The molecule has 3 unspecified atom stereocenters. The second kappa shape index (κ2) is 10.8. The summed E-state index contributed by atoms with van der Waals surface area (Å²) < 4.78 is 6.16. The molecule has 3 nitrogen and oxygen atoms in total. The summed E-state index contributed by atoms with van der Waals surface area (Å²) in [4.78, 5) is 9.66. The van der Waals surface area contributed by atoms with Crippen LogP contribution in [0, 0.1) is 11.8 Å². The Bertz CT molecular complexity index is 1050. The number of pyridine rings is 1. The summed E-state index contributed by atoms with van der Waals surface area (Å²) in [6.45, 7) is 3.24. The Hall–Kier alpha value is -2.26. The highest BCUT2D eigenvalue weighted by atomic mass is 16.5. The summed E-state index contributed by atoms with van der Waals surface area (Å²) in [6.07, 6.45) is 23.0. The average molecular weight is 443 g/mol. The lowest BCUT2D eigenvalue weighted by molar-refractivity contribution is 0.0830. The number of aromatic nitrogens is 1. The zero-order valence-electron chi connectivity index (χ0n) is 20.1. The number of nitrogens with zero attached hydrogens (tertiary/aromatic N) is 2. The minimum absolute atomic E-state index is 0.200. The van der Waals surface area contributed by atoms with E-state index in [1.54, 1.807) is 0 Å². The van der Waals surface area contributed by atoms with Crippen molar-refractivity contribution in [2.45, 2.75) is 83.7 Å². The molecule has 3 atom stereocenters. The summed E-state index contributed by atoms with van der Waals surface area (Å²) in [5, 5.41) is 1.16. The van der Waals surface area contributed by atoms with Gasteiger partial charge in [0, 0.05) is 18.2 Å².